The van der Waals surface area contributed by atoms with E-state index in [1.54, 1.807) is 0 Å². The summed E-state index contributed by atoms with van der Waals surface area (Å²) in [5, 5.41) is 7.69. The first-order valence-corrected chi connectivity index (χ1v) is 9.16. The van der Waals surface area contributed by atoms with Crippen LogP contribution in [0, 0.1) is 0 Å². The predicted molar refractivity (Wildman–Crippen MR) is 87.5 cm³/mol. The molecule has 0 radical (unpaired) electrons. The molecule has 23 heavy (non-hydrogen) atoms. The molecule has 1 aromatic heterocycles. The highest BCUT2D eigenvalue weighted by Crippen LogP contribution is 2.39. The number of ether oxygens (including phenoxy) is 1. The third-order valence-electron chi connectivity index (χ3n) is 5.89. The van der Waals surface area contributed by atoms with Gasteiger partial charge in [0, 0.05) is 18.3 Å². The number of nitrogens with zero attached hydrogens (tertiary/aromatic N) is 2. The van der Waals surface area contributed by atoms with Gasteiger partial charge in [0.1, 0.15) is 0 Å². The number of hydrogen-bond donors (Lipinski definition) is 1. The standard InChI is InChI=1S/C18H27N3O2/c1-21-15-8-4-3-7-14(15)16(20-21)17(22)19-13-11-18(23-12-13)9-5-2-6-10-18/h13H,2-12H2,1H3,(H,19,22)/t13-/m0/s1. The van der Waals surface area contributed by atoms with Gasteiger partial charge in [-0.3, -0.25) is 9.48 Å². The topological polar surface area (TPSA) is 56.2 Å². The molecular weight excluding hydrogens is 290 g/mol. The van der Waals surface area contributed by atoms with Gasteiger partial charge in [-0.25, -0.2) is 0 Å². The van der Waals surface area contributed by atoms with Crippen LogP contribution in [-0.4, -0.2) is 33.9 Å². The molecule has 126 valence electrons. The van der Waals surface area contributed by atoms with E-state index in [0.717, 1.165) is 38.5 Å². The summed E-state index contributed by atoms with van der Waals surface area (Å²) in [4.78, 5) is 12.7. The van der Waals surface area contributed by atoms with E-state index >= 15 is 0 Å². The smallest absolute Gasteiger partial charge is 0.272 e. The van der Waals surface area contributed by atoms with Gasteiger partial charge in [0.15, 0.2) is 5.69 Å². The van der Waals surface area contributed by atoms with Gasteiger partial charge < -0.3 is 10.1 Å². The lowest BCUT2D eigenvalue weighted by molar-refractivity contribution is -0.0246. The van der Waals surface area contributed by atoms with Crippen LogP contribution in [0.5, 0.6) is 0 Å². The van der Waals surface area contributed by atoms with Crippen molar-refractivity contribution in [3.8, 4) is 0 Å². The largest absolute Gasteiger partial charge is 0.373 e. The fraction of sp³-hybridized carbons (Fsp3) is 0.778. The zero-order valence-electron chi connectivity index (χ0n) is 14.1. The molecule has 5 nitrogen and oxygen atoms in total. The summed E-state index contributed by atoms with van der Waals surface area (Å²) >= 11 is 0. The van der Waals surface area contributed by atoms with Crippen LogP contribution in [0.4, 0.5) is 0 Å². The first-order chi connectivity index (χ1) is 11.2. The van der Waals surface area contributed by atoms with Crippen LogP contribution in [-0.2, 0) is 24.6 Å². The normalized spacial score (nSPS) is 26.2. The lowest BCUT2D eigenvalue weighted by Crippen LogP contribution is -2.38. The highest BCUT2D eigenvalue weighted by molar-refractivity contribution is 5.94. The van der Waals surface area contributed by atoms with Crippen LogP contribution in [0.1, 0.15) is 73.1 Å². The lowest BCUT2D eigenvalue weighted by atomic mass is 9.82. The molecule has 1 aliphatic heterocycles. The number of carbonyl (C=O) groups is 1. The Morgan fingerprint density at radius 3 is 2.83 bits per heavy atom. The molecule has 1 saturated heterocycles. The Morgan fingerprint density at radius 1 is 1.22 bits per heavy atom. The van der Waals surface area contributed by atoms with Crippen LogP contribution in [0.15, 0.2) is 0 Å². The Hall–Kier alpha value is -1.36. The number of fused-ring (bicyclic) bond motifs is 1. The average molecular weight is 317 g/mol. The fourth-order valence-electron chi connectivity index (χ4n) is 4.69. The summed E-state index contributed by atoms with van der Waals surface area (Å²) in [6.07, 6.45) is 11.5. The SMILES string of the molecule is Cn1nc(C(=O)N[C@@H]2COC3(CCCCC3)C2)c2c1CCCC2. The predicted octanol–water partition coefficient (Wildman–Crippen LogP) is 2.52. The Bertz CT molecular complexity index is 602. The minimum Gasteiger partial charge on any atom is -0.373 e. The second-order valence-electron chi connectivity index (χ2n) is 7.53. The summed E-state index contributed by atoms with van der Waals surface area (Å²) in [6, 6.07) is 0.141. The molecule has 1 atom stereocenters. The second kappa shape index (κ2) is 5.93. The van der Waals surface area contributed by atoms with E-state index < -0.39 is 0 Å². The van der Waals surface area contributed by atoms with Crippen molar-refractivity contribution in [2.75, 3.05) is 6.61 Å². The quantitative estimate of drug-likeness (QED) is 0.912. The van der Waals surface area contributed by atoms with Gasteiger partial charge in [0.25, 0.3) is 5.91 Å². The monoisotopic (exact) mass is 317 g/mol. The summed E-state index contributed by atoms with van der Waals surface area (Å²) in [5.74, 6) is -0.00907. The number of nitrogens with one attached hydrogen (secondary N) is 1. The number of amides is 1. The molecule has 0 bridgehead atoms. The minimum absolute atomic E-state index is 0.00907. The van der Waals surface area contributed by atoms with Gasteiger partial charge in [-0.2, -0.15) is 5.10 Å². The molecular formula is C18H27N3O2. The van der Waals surface area contributed by atoms with Crippen molar-refractivity contribution in [2.24, 2.45) is 7.05 Å². The third-order valence-corrected chi connectivity index (χ3v) is 5.89. The summed E-state index contributed by atoms with van der Waals surface area (Å²) < 4.78 is 8.01. The third kappa shape index (κ3) is 2.80. The molecule has 5 heteroatoms. The maximum atomic E-state index is 12.7. The van der Waals surface area contributed by atoms with E-state index in [2.05, 4.69) is 10.4 Å². The minimum atomic E-state index is -0.00907. The van der Waals surface area contributed by atoms with Crippen LogP contribution in [0.2, 0.25) is 0 Å². The molecule has 0 unspecified atom stereocenters. The van der Waals surface area contributed by atoms with Gasteiger partial charge in [0.2, 0.25) is 0 Å². The highest BCUT2D eigenvalue weighted by atomic mass is 16.5. The molecule has 1 aromatic rings. The summed E-state index contributed by atoms with van der Waals surface area (Å²) in [6.45, 7) is 0.654. The van der Waals surface area contributed by atoms with Gasteiger partial charge in [-0.1, -0.05) is 19.3 Å². The van der Waals surface area contributed by atoms with E-state index in [4.69, 9.17) is 4.74 Å². The Kier molecular flexibility index (Phi) is 3.92. The van der Waals surface area contributed by atoms with Crippen molar-refractivity contribution in [3.63, 3.8) is 0 Å². The van der Waals surface area contributed by atoms with E-state index in [1.165, 1.54) is 36.9 Å². The lowest BCUT2D eigenvalue weighted by Gasteiger charge is -2.32. The number of aryl methyl sites for hydroxylation is 1. The molecule has 2 fully saturated rings. The second-order valence-corrected chi connectivity index (χ2v) is 7.53. The van der Waals surface area contributed by atoms with Crippen molar-refractivity contribution in [3.05, 3.63) is 17.0 Å². The molecule has 2 heterocycles. The van der Waals surface area contributed by atoms with Gasteiger partial charge >= 0.3 is 0 Å². The number of rotatable bonds is 2. The van der Waals surface area contributed by atoms with E-state index in [-0.39, 0.29) is 17.6 Å². The van der Waals surface area contributed by atoms with Gasteiger partial charge in [-0.05, 0) is 44.9 Å². The molecule has 0 aromatic carbocycles. The average Bonchev–Trinajstić information content (AvgIpc) is 3.10. The van der Waals surface area contributed by atoms with E-state index in [0.29, 0.717) is 12.3 Å². The number of carbonyl (C=O) groups excluding carboxylic acids is 1. The molecule has 1 amide bonds. The Morgan fingerprint density at radius 2 is 2.00 bits per heavy atom. The van der Waals surface area contributed by atoms with E-state index in [1.807, 2.05) is 11.7 Å². The summed E-state index contributed by atoms with van der Waals surface area (Å²) in [7, 11) is 1.95. The maximum Gasteiger partial charge on any atom is 0.272 e. The van der Waals surface area contributed by atoms with Crippen molar-refractivity contribution in [2.45, 2.75) is 75.9 Å². The highest BCUT2D eigenvalue weighted by Gasteiger charge is 2.41. The van der Waals surface area contributed by atoms with Crippen LogP contribution in [0.25, 0.3) is 0 Å². The van der Waals surface area contributed by atoms with E-state index in [9.17, 15) is 4.79 Å². The van der Waals surface area contributed by atoms with Crippen molar-refractivity contribution < 1.29 is 9.53 Å². The van der Waals surface area contributed by atoms with Crippen LogP contribution < -0.4 is 5.32 Å². The molecule has 1 spiro atoms. The van der Waals surface area contributed by atoms with Crippen molar-refractivity contribution in [1.29, 1.82) is 0 Å². The number of aromatic nitrogens is 2. The molecule has 4 rings (SSSR count). The molecule has 1 saturated carbocycles. The Balaban J connectivity index is 1.45. The van der Waals surface area contributed by atoms with Crippen LogP contribution >= 0.6 is 0 Å². The zero-order valence-corrected chi connectivity index (χ0v) is 14.1. The van der Waals surface area contributed by atoms with Crippen molar-refractivity contribution in [1.82, 2.24) is 15.1 Å². The maximum absolute atomic E-state index is 12.7. The zero-order chi connectivity index (χ0) is 15.9. The summed E-state index contributed by atoms with van der Waals surface area (Å²) in [5.41, 5.74) is 3.10. The molecule has 3 aliphatic rings. The van der Waals surface area contributed by atoms with Crippen molar-refractivity contribution >= 4 is 5.91 Å². The fourth-order valence-corrected chi connectivity index (χ4v) is 4.69. The Labute approximate surface area is 137 Å². The molecule has 1 N–H and O–H groups in total. The molecule has 2 aliphatic carbocycles. The first kappa shape index (κ1) is 15.2. The number of hydrogen-bond acceptors (Lipinski definition) is 3. The first-order valence-electron chi connectivity index (χ1n) is 9.16. The van der Waals surface area contributed by atoms with Gasteiger partial charge in [0.05, 0.1) is 18.2 Å². The van der Waals surface area contributed by atoms with Crippen LogP contribution in [0.3, 0.4) is 0 Å². The van der Waals surface area contributed by atoms with Gasteiger partial charge in [-0.15, -0.1) is 0 Å².